The highest BCUT2D eigenvalue weighted by atomic mass is 32.2. The maximum atomic E-state index is 11.7. The number of hydrogen-bond donors (Lipinski definition) is 1. The average Bonchev–Trinajstić information content (AvgIpc) is 2.30. The van der Waals surface area contributed by atoms with E-state index in [0.29, 0.717) is 6.42 Å². The molecule has 74 valence electrons. The highest BCUT2D eigenvalue weighted by Crippen LogP contribution is 2.43. The van der Waals surface area contributed by atoms with Crippen LogP contribution < -0.4 is 0 Å². The first-order chi connectivity index (χ1) is 6.05. The van der Waals surface area contributed by atoms with Crippen LogP contribution in [0.5, 0.6) is 0 Å². The Morgan fingerprint density at radius 3 is 2.54 bits per heavy atom. The summed E-state index contributed by atoms with van der Waals surface area (Å²) in [6, 6.07) is 0. The lowest BCUT2D eigenvalue weighted by atomic mass is 9.87. The van der Waals surface area contributed by atoms with Crippen LogP contribution in [0.1, 0.15) is 32.6 Å². The van der Waals surface area contributed by atoms with Crippen molar-refractivity contribution in [3.8, 4) is 0 Å². The van der Waals surface area contributed by atoms with Gasteiger partial charge < -0.3 is 5.11 Å². The van der Waals surface area contributed by atoms with Gasteiger partial charge in [-0.05, 0) is 19.8 Å². The van der Waals surface area contributed by atoms with E-state index >= 15 is 0 Å². The molecule has 13 heavy (non-hydrogen) atoms. The lowest BCUT2D eigenvalue weighted by molar-refractivity contribution is 0.285. The van der Waals surface area contributed by atoms with Crippen molar-refractivity contribution < 1.29 is 13.5 Å². The fourth-order valence-corrected chi connectivity index (χ4v) is 4.49. The molecule has 1 aliphatic heterocycles. The minimum atomic E-state index is -3.15. The zero-order chi connectivity index (χ0) is 9.64. The predicted molar refractivity (Wildman–Crippen MR) is 50.0 cm³/mol. The first kappa shape index (κ1) is 9.06. The van der Waals surface area contributed by atoms with E-state index < -0.39 is 9.84 Å². The standard InChI is InChI=1S/C9H14O3S/c1-6-9(10)7-4-2-3-5-8(7)13(6,11)12/h7-8,10H,2-5H2,1H3. The second-order valence-electron chi connectivity index (χ2n) is 3.92. The van der Waals surface area contributed by atoms with Crippen LogP contribution in [-0.4, -0.2) is 18.8 Å². The van der Waals surface area contributed by atoms with Gasteiger partial charge in [0.05, 0.1) is 10.2 Å². The lowest BCUT2D eigenvalue weighted by Gasteiger charge is -2.23. The molecule has 0 saturated heterocycles. The summed E-state index contributed by atoms with van der Waals surface area (Å²) in [5.74, 6) is 0.0310. The first-order valence-corrected chi connectivity index (χ1v) is 6.23. The van der Waals surface area contributed by atoms with Gasteiger partial charge >= 0.3 is 0 Å². The molecule has 0 aromatic heterocycles. The molecule has 4 heteroatoms. The van der Waals surface area contributed by atoms with Crippen molar-refractivity contribution in [3.63, 3.8) is 0 Å². The average molecular weight is 202 g/mol. The summed E-state index contributed by atoms with van der Waals surface area (Å²) in [6.07, 6.45) is 3.55. The minimum Gasteiger partial charge on any atom is -0.511 e. The maximum Gasteiger partial charge on any atom is 0.181 e. The monoisotopic (exact) mass is 202 g/mol. The number of fused-ring (bicyclic) bond motifs is 1. The summed E-state index contributed by atoms with van der Waals surface area (Å²) >= 11 is 0. The van der Waals surface area contributed by atoms with E-state index in [2.05, 4.69) is 0 Å². The molecule has 2 rings (SSSR count). The fraction of sp³-hybridized carbons (Fsp3) is 0.778. The van der Waals surface area contributed by atoms with E-state index in [0.717, 1.165) is 19.3 Å². The van der Waals surface area contributed by atoms with Crippen LogP contribution >= 0.6 is 0 Å². The van der Waals surface area contributed by atoms with Crippen molar-refractivity contribution in [2.75, 3.05) is 0 Å². The van der Waals surface area contributed by atoms with E-state index in [1.807, 2.05) is 0 Å². The maximum absolute atomic E-state index is 11.7. The number of aliphatic hydroxyl groups excluding tert-OH is 1. The Morgan fingerprint density at radius 1 is 1.31 bits per heavy atom. The zero-order valence-corrected chi connectivity index (χ0v) is 8.47. The van der Waals surface area contributed by atoms with Gasteiger partial charge in [-0.2, -0.15) is 0 Å². The van der Waals surface area contributed by atoms with Gasteiger partial charge in [-0.25, -0.2) is 8.42 Å². The summed E-state index contributed by atoms with van der Waals surface area (Å²) in [5.41, 5.74) is 0. The van der Waals surface area contributed by atoms with Crippen LogP contribution in [-0.2, 0) is 9.84 Å². The molecule has 1 saturated carbocycles. The molecular formula is C9H14O3S. The fourth-order valence-electron chi connectivity index (χ4n) is 2.41. The zero-order valence-electron chi connectivity index (χ0n) is 7.66. The molecule has 3 nitrogen and oxygen atoms in total. The van der Waals surface area contributed by atoms with Crippen LogP contribution in [0.4, 0.5) is 0 Å². The van der Waals surface area contributed by atoms with Crippen molar-refractivity contribution in [3.05, 3.63) is 10.7 Å². The Balaban J connectivity index is 2.46. The molecule has 0 bridgehead atoms. The molecule has 0 spiro atoms. The largest absolute Gasteiger partial charge is 0.511 e. The highest BCUT2D eigenvalue weighted by molar-refractivity contribution is 7.96. The quantitative estimate of drug-likeness (QED) is 0.651. The highest BCUT2D eigenvalue weighted by Gasteiger charge is 2.46. The van der Waals surface area contributed by atoms with Crippen molar-refractivity contribution in [1.29, 1.82) is 0 Å². The summed E-state index contributed by atoms with van der Waals surface area (Å²) in [7, 11) is -3.15. The third-order valence-corrected chi connectivity index (χ3v) is 5.66. The van der Waals surface area contributed by atoms with Gasteiger partial charge in [0, 0.05) is 5.92 Å². The second kappa shape index (κ2) is 2.74. The van der Waals surface area contributed by atoms with Crippen LogP contribution in [0.25, 0.3) is 0 Å². The number of rotatable bonds is 0. The molecule has 0 radical (unpaired) electrons. The molecule has 2 atom stereocenters. The molecule has 1 heterocycles. The topological polar surface area (TPSA) is 54.4 Å². The molecule has 1 fully saturated rings. The normalized spacial score (nSPS) is 37.6. The number of aliphatic hydroxyl groups is 1. The van der Waals surface area contributed by atoms with Gasteiger partial charge in [-0.3, -0.25) is 0 Å². The Morgan fingerprint density at radius 2 is 1.92 bits per heavy atom. The first-order valence-electron chi connectivity index (χ1n) is 4.69. The number of allylic oxidation sites excluding steroid dienone is 2. The van der Waals surface area contributed by atoms with Gasteiger partial charge in [-0.15, -0.1) is 0 Å². The summed E-state index contributed by atoms with van der Waals surface area (Å²) in [5, 5.41) is 9.31. The third-order valence-electron chi connectivity index (χ3n) is 3.24. The summed E-state index contributed by atoms with van der Waals surface area (Å²) < 4.78 is 23.4. The SMILES string of the molecule is CC1=C(O)C2CCCCC2S1(=O)=O. The minimum absolute atomic E-state index is 0.0984. The van der Waals surface area contributed by atoms with Gasteiger partial charge in [-0.1, -0.05) is 12.8 Å². The van der Waals surface area contributed by atoms with Crippen LogP contribution in [0.3, 0.4) is 0 Å². The second-order valence-corrected chi connectivity index (χ2v) is 6.22. The molecule has 1 N–H and O–H groups in total. The lowest BCUT2D eigenvalue weighted by Crippen LogP contribution is -2.27. The molecule has 0 aromatic rings. The molecule has 1 aliphatic carbocycles. The Bertz CT molecular complexity index is 353. The number of hydrogen-bond acceptors (Lipinski definition) is 3. The third kappa shape index (κ3) is 1.11. The Kier molecular flexibility index (Phi) is 1.91. The van der Waals surface area contributed by atoms with Crippen molar-refractivity contribution in [2.45, 2.75) is 37.9 Å². The summed E-state index contributed by atoms with van der Waals surface area (Å²) in [4.78, 5) is 0.212. The van der Waals surface area contributed by atoms with Crippen LogP contribution in [0, 0.1) is 5.92 Å². The summed E-state index contributed by atoms with van der Waals surface area (Å²) in [6.45, 7) is 1.52. The van der Waals surface area contributed by atoms with Gasteiger partial charge in [0.1, 0.15) is 5.76 Å². The van der Waals surface area contributed by atoms with E-state index in [1.54, 1.807) is 0 Å². The van der Waals surface area contributed by atoms with E-state index in [-0.39, 0.29) is 21.8 Å². The predicted octanol–water partition coefficient (Wildman–Crippen LogP) is 1.76. The van der Waals surface area contributed by atoms with E-state index in [9.17, 15) is 13.5 Å². The molecule has 2 aliphatic rings. The van der Waals surface area contributed by atoms with Crippen molar-refractivity contribution >= 4 is 9.84 Å². The molecular weight excluding hydrogens is 188 g/mol. The molecule has 0 aromatic carbocycles. The molecule has 2 unspecified atom stereocenters. The Hall–Kier alpha value is -0.510. The molecule has 0 amide bonds. The van der Waals surface area contributed by atoms with Gasteiger partial charge in [0.25, 0.3) is 0 Å². The van der Waals surface area contributed by atoms with E-state index in [1.165, 1.54) is 6.92 Å². The smallest absolute Gasteiger partial charge is 0.181 e. The number of sulfone groups is 1. The van der Waals surface area contributed by atoms with Crippen molar-refractivity contribution in [1.82, 2.24) is 0 Å². The van der Waals surface area contributed by atoms with Crippen LogP contribution in [0.2, 0.25) is 0 Å². The van der Waals surface area contributed by atoms with E-state index in [4.69, 9.17) is 0 Å². The van der Waals surface area contributed by atoms with Crippen molar-refractivity contribution in [2.24, 2.45) is 5.92 Å². The van der Waals surface area contributed by atoms with Gasteiger partial charge in [0.15, 0.2) is 9.84 Å². The Labute approximate surface area is 78.4 Å². The van der Waals surface area contributed by atoms with Gasteiger partial charge in [0.2, 0.25) is 0 Å². The van der Waals surface area contributed by atoms with Crippen LogP contribution in [0.15, 0.2) is 10.7 Å².